The lowest BCUT2D eigenvalue weighted by Crippen LogP contribution is -2.26. The molecule has 0 aliphatic carbocycles. The van der Waals surface area contributed by atoms with Gasteiger partial charge in [-0.05, 0) is 29.8 Å². The third-order valence-corrected chi connectivity index (χ3v) is 4.00. The number of rotatable bonds is 4. The summed E-state index contributed by atoms with van der Waals surface area (Å²) in [5, 5.41) is 7.58. The molecule has 0 bridgehead atoms. The highest BCUT2D eigenvalue weighted by Gasteiger charge is 2.12. The maximum Gasteiger partial charge on any atom is 0.276 e. The van der Waals surface area contributed by atoms with Crippen LogP contribution in [-0.4, -0.2) is 15.7 Å². The second kappa shape index (κ2) is 7.51. The van der Waals surface area contributed by atoms with Gasteiger partial charge >= 0.3 is 0 Å². The Kier molecular flexibility index (Phi) is 5.16. The molecule has 0 unspecified atom stereocenters. The van der Waals surface area contributed by atoms with Gasteiger partial charge in [0.2, 0.25) is 0 Å². The van der Waals surface area contributed by atoms with Crippen molar-refractivity contribution < 1.29 is 4.79 Å². The summed E-state index contributed by atoms with van der Waals surface area (Å²) in [5.74, 6) is -0.467. The summed E-state index contributed by atoms with van der Waals surface area (Å²) < 4.78 is 1.24. The third-order valence-electron chi connectivity index (χ3n) is 3.45. The summed E-state index contributed by atoms with van der Waals surface area (Å²) in [6.07, 6.45) is 0. The van der Waals surface area contributed by atoms with Crippen molar-refractivity contribution in [3.05, 3.63) is 92.3 Å². The molecular formula is C18H13Cl2N3O2. The van der Waals surface area contributed by atoms with E-state index in [0.29, 0.717) is 15.7 Å². The van der Waals surface area contributed by atoms with Crippen molar-refractivity contribution in [1.29, 1.82) is 0 Å². The number of hydrogen-bond donors (Lipinski definition) is 1. The Bertz CT molecular complexity index is 972. The number of nitrogens with zero attached hydrogens (tertiary/aromatic N) is 2. The fourth-order valence-electron chi connectivity index (χ4n) is 2.22. The molecule has 0 saturated heterocycles. The van der Waals surface area contributed by atoms with Crippen molar-refractivity contribution >= 4 is 34.8 Å². The standard InChI is InChI=1S/C18H13Cl2N3O2/c19-13-6-7-15(14(20)10-13)21-18(25)16-8-9-17(24)23(22-16)11-12-4-2-1-3-5-12/h1-10H,11H2,(H,21,25). The van der Waals surface area contributed by atoms with E-state index in [1.165, 1.54) is 22.9 Å². The average molecular weight is 374 g/mol. The summed E-state index contributed by atoms with van der Waals surface area (Å²) in [6.45, 7) is 0.280. The summed E-state index contributed by atoms with van der Waals surface area (Å²) in [6, 6.07) is 16.8. The number of hydrogen-bond acceptors (Lipinski definition) is 3. The molecule has 0 aliphatic rings. The topological polar surface area (TPSA) is 64.0 Å². The summed E-state index contributed by atoms with van der Waals surface area (Å²) in [4.78, 5) is 24.4. The van der Waals surface area contributed by atoms with Gasteiger partial charge in [0.15, 0.2) is 0 Å². The molecule has 0 fully saturated rings. The van der Waals surface area contributed by atoms with Crippen LogP contribution >= 0.6 is 23.2 Å². The summed E-state index contributed by atoms with van der Waals surface area (Å²) in [7, 11) is 0. The molecule has 1 heterocycles. The Morgan fingerprint density at radius 1 is 1.04 bits per heavy atom. The molecule has 0 saturated carbocycles. The second-order valence-corrected chi connectivity index (χ2v) is 6.12. The van der Waals surface area contributed by atoms with E-state index in [4.69, 9.17) is 23.2 Å². The summed E-state index contributed by atoms with van der Waals surface area (Å²) >= 11 is 11.9. The predicted octanol–water partition coefficient (Wildman–Crippen LogP) is 3.85. The van der Waals surface area contributed by atoms with Crippen molar-refractivity contribution in [2.24, 2.45) is 0 Å². The SMILES string of the molecule is O=C(Nc1ccc(Cl)cc1Cl)c1ccc(=O)n(Cc2ccccc2)n1. The lowest BCUT2D eigenvalue weighted by atomic mass is 10.2. The molecule has 1 N–H and O–H groups in total. The van der Waals surface area contributed by atoms with Crippen molar-refractivity contribution in [2.45, 2.75) is 6.54 Å². The van der Waals surface area contributed by atoms with E-state index < -0.39 is 5.91 Å². The number of nitrogens with one attached hydrogen (secondary N) is 1. The molecule has 25 heavy (non-hydrogen) atoms. The molecule has 2 aromatic carbocycles. The number of benzene rings is 2. The molecule has 7 heteroatoms. The van der Waals surface area contributed by atoms with Gasteiger partial charge in [-0.25, -0.2) is 4.68 Å². The third kappa shape index (κ3) is 4.26. The minimum atomic E-state index is -0.467. The van der Waals surface area contributed by atoms with Crippen LogP contribution in [0, 0.1) is 0 Å². The molecule has 0 aliphatic heterocycles. The van der Waals surface area contributed by atoms with Gasteiger partial charge in [0, 0.05) is 11.1 Å². The van der Waals surface area contributed by atoms with Gasteiger partial charge in [0.1, 0.15) is 5.69 Å². The van der Waals surface area contributed by atoms with Crippen LogP contribution in [0.4, 0.5) is 5.69 Å². The fourth-order valence-corrected chi connectivity index (χ4v) is 2.67. The predicted molar refractivity (Wildman–Crippen MR) is 98.5 cm³/mol. The van der Waals surface area contributed by atoms with Crippen molar-refractivity contribution in [3.8, 4) is 0 Å². The molecule has 5 nitrogen and oxygen atoms in total. The Balaban J connectivity index is 1.83. The fraction of sp³-hybridized carbons (Fsp3) is 0.0556. The zero-order valence-electron chi connectivity index (χ0n) is 12.9. The van der Waals surface area contributed by atoms with E-state index >= 15 is 0 Å². The van der Waals surface area contributed by atoms with Crippen LogP contribution in [0.25, 0.3) is 0 Å². The molecule has 3 aromatic rings. The van der Waals surface area contributed by atoms with Crippen LogP contribution < -0.4 is 10.9 Å². The van der Waals surface area contributed by atoms with E-state index in [2.05, 4.69) is 10.4 Å². The molecule has 0 atom stereocenters. The van der Waals surface area contributed by atoms with Gasteiger partial charge in [-0.2, -0.15) is 5.10 Å². The highest BCUT2D eigenvalue weighted by molar-refractivity contribution is 6.36. The molecule has 0 spiro atoms. The van der Waals surface area contributed by atoms with Gasteiger partial charge in [-0.3, -0.25) is 9.59 Å². The van der Waals surface area contributed by atoms with E-state index in [0.717, 1.165) is 5.56 Å². The summed E-state index contributed by atoms with van der Waals surface area (Å²) in [5.41, 5.74) is 1.15. The van der Waals surface area contributed by atoms with Crippen LogP contribution in [-0.2, 0) is 6.54 Å². The Labute approximate surface area is 153 Å². The first kappa shape index (κ1) is 17.2. The normalized spacial score (nSPS) is 10.5. The lowest BCUT2D eigenvalue weighted by molar-refractivity contribution is 0.102. The maximum absolute atomic E-state index is 12.4. The van der Waals surface area contributed by atoms with Gasteiger partial charge in [0.25, 0.3) is 11.5 Å². The first-order chi connectivity index (χ1) is 12.0. The van der Waals surface area contributed by atoms with Crippen molar-refractivity contribution in [3.63, 3.8) is 0 Å². The Hall–Kier alpha value is -2.63. The monoisotopic (exact) mass is 373 g/mol. The number of aromatic nitrogens is 2. The number of amides is 1. The largest absolute Gasteiger partial charge is 0.319 e. The zero-order chi connectivity index (χ0) is 17.8. The van der Waals surface area contributed by atoms with Crippen molar-refractivity contribution in [1.82, 2.24) is 9.78 Å². The van der Waals surface area contributed by atoms with Crippen LogP contribution in [0.5, 0.6) is 0 Å². The number of anilines is 1. The minimum Gasteiger partial charge on any atom is -0.319 e. The second-order valence-electron chi connectivity index (χ2n) is 5.28. The molecule has 0 radical (unpaired) electrons. The molecule has 3 rings (SSSR count). The van der Waals surface area contributed by atoms with Crippen LogP contribution in [0.3, 0.4) is 0 Å². The zero-order valence-corrected chi connectivity index (χ0v) is 14.5. The van der Waals surface area contributed by atoms with E-state index in [1.54, 1.807) is 12.1 Å². The number of carbonyl (C=O) groups is 1. The molecule has 1 amide bonds. The first-order valence-corrected chi connectivity index (χ1v) is 8.17. The Morgan fingerprint density at radius 2 is 1.80 bits per heavy atom. The quantitative estimate of drug-likeness (QED) is 0.755. The highest BCUT2D eigenvalue weighted by Crippen LogP contribution is 2.25. The first-order valence-electron chi connectivity index (χ1n) is 7.41. The number of halogens is 2. The smallest absolute Gasteiger partial charge is 0.276 e. The number of carbonyl (C=O) groups excluding carboxylic acids is 1. The van der Waals surface area contributed by atoms with Gasteiger partial charge in [0.05, 0.1) is 17.3 Å². The molecule has 1 aromatic heterocycles. The Morgan fingerprint density at radius 3 is 2.52 bits per heavy atom. The van der Waals surface area contributed by atoms with Crippen LogP contribution in [0.1, 0.15) is 16.1 Å². The van der Waals surface area contributed by atoms with Crippen LogP contribution in [0.15, 0.2) is 65.5 Å². The minimum absolute atomic E-state index is 0.113. The van der Waals surface area contributed by atoms with Gasteiger partial charge < -0.3 is 5.32 Å². The van der Waals surface area contributed by atoms with Gasteiger partial charge in [-0.1, -0.05) is 53.5 Å². The average Bonchev–Trinajstić information content (AvgIpc) is 2.60. The molecular weight excluding hydrogens is 361 g/mol. The van der Waals surface area contributed by atoms with Crippen LogP contribution in [0.2, 0.25) is 10.0 Å². The van der Waals surface area contributed by atoms with E-state index in [1.807, 2.05) is 30.3 Å². The highest BCUT2D eigenvalue weighted by atomic mass is 35.5. The van der Waals surface area contributed by atoms with E-state index in [-0.39, 0.29) is 17.8 Å². The van der Waals surface area contributed by atoms with Crippen molar-refractivity contribution in [2.75, 3.05) is 5.32 Å². The lowest BCUT2D eigenvalue weighted by Gasteiger charge is -2.09. The van der Waals surface area contributed by atoms with E-state index in [9.17, 15) is 9.59 Å². The van der Waals surface area contributed by atoms with Gasteiger partial charge in [-0.15, -0.1) is 0 Å². The maximum atomic E-state index is 12.4. The molecule has 126 valence electrons.